The zero-order valence-corrected chi connectivity index (χ0v) is 31.8. The van der Waals surface area contributed by atoms with Crippen molar-refractivity contribution in [3.8, 4) is 5.75 Å². The summed E-state index contributed by atoms with van der Waals surface area (Å²) in [7, 11) is 0. The second-order valence-electron chi connectivity index (χ2n) is 12.7. The lowest BCUT2D eigenvalue weighted by Crippen LogP contribution is -2.41. The number of hydrogen-bond donors (Lipinski definition) is 6. The first-order valence-electron chi connectivity index (χ1n) is 19.1. The van der Waals surface area contributed by atoms with E-state index in [0.717, 1.165) is 57.8 Å². The number of unbranched alkanes of at least 4 members (excludes halogenated alkanes) is 8. The van der Waals surface area contributed by atoms with Crippen LogP contribution < -0.4 is 26.0 Å². The molecule has 0 fully saturated rings. The molecule has 16 nitrogen and oxygen atoms in total. The topological polar surface area (TPSA) is 228 Å². The number of amides is 4. The van der Waals surface area contributed by atoms with Crippen LogP contribution in [0.3, 0.4) is 0 Å². The third kappa shape index (κ3) is 27.3. The molecule has 1 unspecified atom stereocenters. The molecule has 306 valence electrons. The molecule has 0 saturated carbocycles. The van der Waals surface area contributed by atoms with Gasteiger partial charge in [-0.05, 0) is 56.4 Å². The Labute approximate surface area is 318 Å². The highest BCUT2D eigenvalue weighted by Gasteiger charge is 2.20. The minimum absolute atomic E-state index is 0.00175. The quantitative estimate of drug-likeness (QED) is 0.0548. The van der Waals surface area contributed by atoms with Crippen molar-refractivity contribution >= 4 is 35.6 Å². The van der Waals surface area contributed by atoms with Crippen LogP contribution in [0.4, 0.5) is 0 Å². The van der Waals surface area contributed by atoms with Crippen LogP contribution in [0.5, 0.6) is 5.75 Å². The van der Waals surface area contributed by atoms with Crippen LogP contribution in [0.1, 0.15) is 107 Å². The molecule has 4 amide bonds. The first-order chi connectivity index (χ1) is 26.1. The van der Waals surface area contributed by atoms with Gasteiger partial charge in [0.2, 0.25) is 23.6 Å². The highest BCUT2D eigenvalue weighted by molar-refractivity contribution is 5.87. The van der Waals surface area contributed by atoms with Crippen LogP contribution in [0, 0.1) is 0 Å². The van der Waals surface area contributed by atoms with Gasteiger partial charge in [0, 0.05) is 39.1 Å². The van der Waals surface area contributed by atoms with E-state index in [9.17, 15) is 33.9 Å². The summed E-state index contributed by atoms with van der Waals surface area (Å²) in [6.45, 7) is 4.71. The molecule has 1 rings (SSSR count). The van der Waals surface area contributed by atoms with Gasteiger partial charge in [0.15, 0.2) is 0 Å². The molecule has 0 aromatic heterocycles. The standard InChI is InChI=1S/C38H62N4O12/c1-2-3-20-39-35(45)28-52-23-12-21-40-36(46)29-53-27-26-51-25-22-41-33(43)19-18-32(38(49)50)42-34(44)13-10-8-6-4-5-7-9-11-24-54-31-16-14-30(15-17-31)37(47)48/h14-17,32H,2-13,18-29H2,1H3,(H,39,45)(H,40,46)(H,41,43)(H,42,44)(H,47,48)(H,49,50). The molecule has 0 radical (unpaired) electrons. The molecule has 1 aromatic carbocycles. The maximum atomic E-state index is 12.3. The van der Waals surface area contributed by atoms with E-state index in [1.54, 1.807) is 12.1 Å². The van der Waals surface area contributed by atoms with Gasteiger partial charge in [0.1, 0.15) is 25.0 Å². The average molecular weight is 767 g/mol. The molecular weight excluding hydrogens is 704 g/mol. The normalized spacial score (nSPS) is 11.4. The van der Waals surface area contributed by atoms with E-state index in [1.807, 2.05) is 6.92 Å². The van der Waals surface area contributed by atoms with E-state index in [0.29, 0.717) is 44.9 Å². The van der Waals surface area contributed by atoms with E-state index < -0.39 is 18.0 Å². The van der Waals surface area contributed by atoms with Gasteiger partial charge in [0.25, 0.3) is 0 Å². The number of rotatable bonds is 35. The molecule has 0 spiro atoms. The molecule has 0 bridgehead atoms. The molecule has 1 atom stereocenters. The lowest BCUT2D eigenvalue weighted by molar-refractivity contribution is -0.142. The Morgan fingerprint density at radius 2 is 1.15 bits per heavy atom. The molecular formula is C38H62N4O12. The fourth-order valence-electron chi connectivity index (χ4n) is 4.94. The summed E-state index contributed by atoms with van der Waals surface area (Å²) in [5.41, 5.74) is 0.226. The number of carboxylic acid groups (broad SMARTS) is 2. The van der Waals surface area contributed by atoms with Crippen molar-refractivity contribution in [2.75, 3.05) is 65.9 Å². The number of aromatic carboxylic acids is 1. The Balaban J connectivity index is 1.96. The third-order valence-corrected chi connectivity index (χ3v) is 8.01. The zero-order chi connectivity index (χ0) is 39.7. The lowest BCUT2D eigenvalue weighted by atomic mass is 10.1. The summed E-state index contributed by atoms with van der Waals surface area (Å²) < 4.78 is 21.6. The lowest BCUT2D eigenvalue weighted by Gasteiger charge is -2.14. The van der Waals surface area contributed by atoms with Crippen molar-refractivity contribution < 1.29 is 57.9 Å². The van der Waals surface area contributed by atoms with Crippen LogP contribution in [0.15, 0.2) is 24.3 Å². The molecule has 54 heavy (non-hydrogen) atoms. The molecule has 6 N–H and O–H groups in total. The number of carboxylic acids is 2. The predicted octanol–water partition coefficient (Wildman–Crippen LogP) is 3.21. The van der Waals surface area contributed by atoms with Crippen LogP contribution in [-0.4, -0.2) is 118 Å². The average Bonchev–Trinajstić information content (AvgIpc) is 3.14. The summed E-state index contributed by atoms with van der Waals surface area (Å²) in [6, 6.07) is 5.20. The monoisotopic (exact) mass is 766 g/mol. The molecule has 0 aliphatic heterocycles. The number of nitrogens with one attached hydrogen (secondary N) is 4. The molecule has 16 heteroatoms. The van der Waals surface area contributed by atoms with Gasteiger partial charge in [-0.2, -0.15) is 0 Å². The number of benzene rings is 1. The molecule has 0 heterocycles. The van der Waals surface area contributed by atoms with E-state index in [2.05, 4.69) is 21.3 Å². The van der Waals surface area contributed by atoms with Crippen molar-refractivity contribution in [1.82, 2.24) is 21.3 Å². The third-order valence-electron chi connectivity index (χ3n) is 8.01. The Bertz CT molecular complexity index is 1220. The maximum absolute atomic E-state index is 12.3. The fourth-order valence-corrected chi connectivity index (χ4v) is 4.94. The highest BCUT2D eigenvalue weighted by atomic mass is 16.5. The van der Waals surface area contributed by atoms with Gasteiger partial charge in [-0.15, -0.1) is 0 Å². The highest BCUT2D eigenvalue weighted by Crippen LogP contribution is 2.14. The summed E-state index contributed by atoms with van der Waals surface area (Å²) >= 11 is 0. The number of aliphatic carboxylic acids is 1. The maximum Gasteiger partial charge on any atom is 0.335 e. The number of carbonyl (C=O) groups is 6. The second kappa shape index (κ2) is 32.2. The summed E-state index contributed by atoms with van der Waals surface area (Å²) in [5.74, 6) is -2.64. The molecule has 1 aromatic rings. The first kappa shape index (κ1) is 47.7. The largest absolute Gasteiger partial charge is 0.494 e. The Morgan fingerprint density at radius 1 is 0.574 bits per heavy atom. The van der Waals surface area contributed by atoms with E-state index in [1.165, 1.54) is 12.1 Å². The van der Waals surface area contributed by atoms with Crippen molar-refractivity contribution in [1.29, 1.82) is 0 Å². The van der Waals surface area contributed by atoms with Gasteiger partial charge in [0.05, 0.1) is 32.0 Å². The van der Waals surface area contributed by atoms with Crippen LogP contribution in [-0.2, 0) is 38.2 Å². The molecule has 0 aliphatic carbocycles. The van der Waals surface area contributed by atoms with Crippen molar-refractivity contribution in [2.24, 2.45) is 0 Å². The summed E-state index contributed by atoms with van der Waals surface area (Å²) in [4.78, 5) is 70.3. The van der Waals surface area contributed by atoms with Gasteiger partial charge >= 0.3 is 11.9 Å². The zero-order valence-electron chi connectivity index (χ0n) is 31.8. The van der Waals surface area contributed by atoms with Crippen molar-refractivity contribution in [3.63, 3.8) is 0 Å². The minimum Gasteiger partial charge on any atom is -0.494 e. The number of ether oxygens (including phenoxy) is 4. The van der Waals surface area contributed by atoms with E-state index in [4.69, 9.17) is 24.1 Å². The van der Waals surface area contributed by atoms with Crippen LogP contribution >= 0.6 is 0 Å². The number of hydrogen-bond acceptors (Lipinski definition) is 10. The van der Waals surface area contributed by atoms with E-state index >= 15 is 0 Å². The Morgan fingerprint density at radius 3 is 1.78 bits per heavy atom. The van der Waals surface area contributed by atoms with Gasteiger partial charge in [-0.1, -0.05) is 51.9 Å². The van der Waals surface area contributed by atoms with E-state index in [-0.39, 0.29) is 88.0 Å². The Kier molecular flexibility index (Phi) is 28.4. The minimum atomic E-state index is -1.19. The smallest absolute Gasteiger partial charge is 0.335 e. The number of carbonyl (C=O) groups excluding carboxylic acids is 4. The summed E-state index contributed by atoms with van der Waals surface area (Å²) in [5, 5.41) is 29.0. The Hall–Kier alpha value is -4.28. The fraction of sp³-hybridized carbons (Fsp3) is 0.684. The van der Waals surface area contributed by atoms with Crippen molar-refractivity contribution in [2.45, 2.75) is 103 Å². The van der Waals surface area contributed by atoms with Gasteiger partial charge in [-0.25, -0.2) is 9.59 Å². The molecule has 0 aliphatic rings. The van der Waals surface area contributed by atoms with Gasteiger partial charge < -0.3 is 50.4 Å². The van der Waals surface area contributed by atoms with Crippen LogP contribution in [0.25, 0.3) is 0 Å². The predicted molar refractivity (Wildman–Crippen MR) is 200 cm³/mol. The SMILES string of the molecule is CCCCNC(=O)COCCCNC(=O)COCCOCCNC(=O)CCC(NC(=O)CCCCCCCCCCOc1ccc(C(=O)O)cc1)C(=O)O. The van der Waals surface area contributed by atoms with Gasteiger partial charge in [-0.3, -0.25) is 19.2 Å². The first-order valence-corrected chi connectivity index (χ1v) is 19.1. The molecule has 0 saturated heterocycles. The van der Waals surface area contributed by atoms with Crippen LogP contribution in [0.2, 0.25) is 0 Å². The summed E-state index contributed by atoms with van der Waals surface area (Å²) in [6.07, 6.45) is 10.3. The second-order valence-corrected chi connectivity index (χ2v) is 12.7. The van der Waals surface area contributed by atoms with Crippen molar-refractivity contribution in [3.05, 3.63) is 29.8 Å².